The van der Waals surface area contributed by atoms with Gasteiger partial charge in [-0.1, -0.05) is 277 Å². The van der Waals surface area contributed by atoms with E-state index in [0.29, 0.717) is 19.3 Å². The fraction of sp³-hybridized carbons (Fsp3) is 0.919. The van der Waals surface area contributed by atoms with Crippen molar-refractivity contribution in [1.29, 1.82) is 0 Å². The lowest BCUT2D eigenvalue weighted by molar-refractivity contribution is -0.161. The first-order chi connectivity index (χ1) is 36.2. The molecule has 11 nitrogen and oxygen atoms in total. The van der Waals surface area contributed by atoms with Gasteiger partial charge in [-0.3, -0.25) is 23.4 Å². The predicted molar refractivity (Wildman–Crippen MR) is 307 cm³/mol. The third-order valence-electron chi connectivity index (χ3n) is 14.2. The Balaban J connectivity index is 4.64. The van der Waals surface area contributed by atoms with E-state index in [1.807, 2.05) is 0 Å². The lowest BCUT2D eigenvalue weighted by Crippen LogP contribution is -2.30. The summed E-state index contributed by atoms with van der Waals surface area (Å²) in [5.74, 6) is -1.44. The molecule has 3 unspecified atom stereocenters. The molecule has 74 heavy (non-hydrogen) atoms. The summed E-state index contributed by atoms with van der Waals surface area (Å²) in [5.41, 5.74) is 0. The summed E-state index contributed by atoms with van der Waals surface area (Å²) >= 11 is 0. The third-order valence-corrected chi connectivity index (χ3v) is 15.1. The lowest BCUT2D eigenvalue weighted by Gasteiger charge is -2.21. The molecule has 0 aromatic rings. The fourth-order valence-corrected chi connectivity index (χ4v) is 10.1. The van der Waals surface area contributed by atoms with Crippen LogP contribution in [0.2, 0.25) is 0 Å². The molecule has 0 amide bonds. The molecule has 0 aliphatic heterocycles. The van der Waals surface area contributed by atoms with Crippen LogP contribution < -0.4 is 0 Å². The van der Waals surface area contributed by atoms with E-state index in [0.717, 1.165) is 64.2 Å². The van der Waals surface area contributed by atoms with E-state index in [2.05, 4.69) is 32.9 Å². The van der Waals surface area contributed by atoms with Gasteiger partial charge >= 0.3 is 25.7 Å². The lowest BCUT2D eigenvalue weighted by atomic mass is 10.0. The highest BCUT2D eigenvalue weighted by Gasteiger charge is 2.28. The molecule has 0 aliphatic carbocycles. The van der Waals surface area contributed by atoms with Gasteiger partial charge in [-0.25, -0.2) is 4.57 Å². The van der Waals surface area contributed by atoms with E-state index in [-0.39, 0.29) is 25.9 Å². The standard InChI is InChI=1S/C62H119O11P/c1-4-7-10-13-16-19-22-24-26-28-29-31-32-34-37-39-42-45-48-51-60(64)69-55-59(73-62(66)53-50-47-44-41-38-35-33-30-27-25-23-20-17-14-11-8-5-2)57-71-74(67,68)70-56-58(54-63)72-61(65)52-49-46-43-40-36-21-18-15-12-9-6-3/h25,27,58-59,63H,4-24,26,28-57H2,1-3H3,(H,67,68)/b27-25-. The minimum atomic E-state index is -4.74. The third kappa shape index (κ3) is 55.0. The smallest absolute Gasteiger partial charge is 0.462 e. The first kappa shape index (κ1) is 72.2. The zero-order chi connectivity index (χ0) is 54.1. The van der Waals surface area contributed by atoms with Crippen LogP contribution in [-0.2, 0) is 42.2 Å². The molecule has 0 spiro atoms. The SMILES string of the molecule is CCCCCCCC/C=C\CCCCCCCCCC(=O)OC(COC(=O)CCCCCCCCCCCCCCCCCCCCC)COP(=O)(O)OCC(CO)OC(=O)CCCCCCCCCCCCC. The van der Waals surface area contributed by atoms with Gasteiger partial charge in [-0.2, -0.15) is 0 Å². The van der Waals surface area contributed by atoms with Crippen LogP contribution in [-0.4, -0.2) is 66.5 Å². The Morgan fingerprint density at radius 1 is 0.365 bits per heavy atom. The van der Waals surface area contributed by atoms with Crippen molar-refractivity contribution in [3.8, 4) is 0 Å². The average Bonchev–Trinajstić information content (AvgIpc) is 3.39. The van der Waals surface area contributed by atoms with Gasteiger partial charge in [0.25, 0.3) is 0 Å². The summed E-state index contributed by atoms with van der Waals surface area (Å²) < 4.78 is 39.6. The molecule has 0 fully saturated rings. The van der Waals surface area contributed by atoms with Crippen LogP contribution >= 0.6 is 7.82 Å². The van der Waals surface area contributed by atoms with E-state index in [1.54, 1.807) is 0 Å². The molecule has 3 atom stereocenters. The summed E-state index contributed by atoms with van der Waals surface area (Å²) in [4.78, 5) is 48.6. The molecule has 0 aliphatic rings. The molecule has 0 saturated heterocycles. The molecule has 0 radical (unpaired) electrons. The van der Waals surface area contributed by atoms with Crippen molar-refractivity contribution in [1.82, 2.24) is 0 Å². The normalized spacial score (nSPS) is 13.3. The largest absolute Gasteiger partial charge is 0.472 e. The van der Waals surface area contributed by atoms with Crippen molar-refractivity contribution in [2.45, 2.75) is 341 Å². The molecule has 12 heteroatoms. The summed E-state index contributed by atoms with van der Waals surface area (Å²) in [6, 6.07) is 0. The number of phosphoric acid groups is 1. The van der Waals surface area contributed by atoms with Crippen LogP contribution in [0.15, 0.2) is 12.2 Å². The Hall–Kier alpha value is -1.78. The van der Waals surface area contributed by atoms with E-state index < -0.39 is 57.8 Å². The van der Waals surface area contributed by atoms with Crippen LogP contribution in [0, 0.1) is 0 Å². The maximum atomic E-state index is 12.9. The molecule has 0 saturated carbocycles. The number of ether oxygens (including phenoxy) is 3. The van der Waals surface area contributed by atoms with E-state index >= 15 is 0 Å². The Bertz CT molecular complexity index is 1290. The number of unbranched alkanes of at least 4 members (excludes halogenated alkanes) is 41. The Morgan fingerprint density at radius 3 is 0.932 bits per heavy atom. The van der Waals surface area contributed by atoms with Gasteiger partial charge in [0.05, 0.1) is 19.8 Å². The average molecular weight is 1070 g/mol. The number of esters is 3. The van der Waals surface area contributed by atoms with E-state index in [1.165, 1.54) is 205 Å². The molecule has 0 bridgehead atoms. The van der Waals surface area contributed by atoms with Gasteiger partial charge in [0.1, 0.15) is 12.7 Å². The van der Waals surface area contributed by atoms with Crippen LogP contribution in [0.5, 0.6) is 0 Å². The first-order valence-corrected chi connectivity index (χ1v) is 33.1. The number of carbonyl (C=O) groups excluding carboxylic acids is 3. The Labute approximate surface area is 456 Å². The maximum Gasteiger partial charge on any atom is 0.472 e. The molecule has 438 valence electrons. The number of aliphatic hydroxyl groups excluding tert-OH is 1. The highest BCUT2D eigenvalue weighted by Crippen LogP contribution is 2.43. The number of carbonyl (C=O) groups is 3. The number of allylic oxidation sites excluding steroid dienone is 2. The van der Waals surface area contributed by atoms with Crippen LogP contribution in [0.25, 0.3) is 0 Å². The Morgan fingerprint density at radius 2 is 0.622 bits per heavy atom. The van der Waals surface area contributed by atoms with Gasteiger partial charge in [0, 0.05) is 19.3 Å². The van der Waals surface area contributed by atoms with E-state index in [4.69, 9.17) is 23.3 Å². The van der Waals surface area contributed by atoms with Crippen molar-refractivity contribution in [2.75, 3.05) is 26.4 Å². The van der Waals surface area contributed by atoms with Gasteiger partial charge < -0.3 is 24.2 Å². The summed E-state index contributed by atoms with van der Waals surface area (Å²) in [5, 5.41) is 9.81. The molecule has 0 heterocycles. The van der Waals surface area contributed by atoms with E-state index in [9.17, 15) is 28.9 Å². The number of rotatable bonds is 60. The number of aliphatic hydroxyl groups is 1. The maximum absolute atomic E-state index is 12.9. The van der Waals surface area contributed by atoms with Crippen molar-refractivity contribution < 1.29 is 52.2 Å². The monoisotopic (exact) mass is 1070 g/mol. The summed E-state index contributed by atoms with van der Waals surface area (Å²) in [7, 11) is -4.74. The first-order valence-electron chi connectivity index (χ1n) is 31.6. The second-order valence-electron chi connectivity index (χ2n) is 21.6. The van der Waals surface area contributed by atoms with Gasteiger partial charge in [0.2, 0.25) is 0 Å². The zero-order valence-corrected chi connectivity index (χ0v) is 49.5. The van der Waals surface area contributed by atoms with Crippen LogP contribution in [0.3, 0.4) is 0 Å². The summed E-state index contributed by atoms with van der Waals surface area (Å²) in [6.07, 6.45) is 57.4. The molecule has 0 aromatic carbocycles. The number of phosphoric ester groups is 1. The summed E-state index contributed by atoms with van der Waals surface area (Å²) in [6.45, 7) is 4.71. The number of hydrogen-bond donors (Lipinski definition) is 2. The van der Waals surface area contributed by atoms with Crippen molar-refractivity contribution in [3.05, 3.63) is 12.2 Å². The predicted octanol–water partition coefficient (Wildman–Crippen LogP) is 18.8. The van der Waals surface area contributed by atoms with Crippen molar-refractivity contribution in [3.63, 3.8) is 0 Å². The van der Waals surface area contributed by atoms with Gasteiger partial charge in [-0.05, 0) is 44.9 Å². The van der Waals surface area contributed by atoms with Crippen molar-refractivity contribution in [2.24, 2.45) is 0 Å². The van der Waals surface area contributed by atoms with Crippen LogP contribution in [0.4, 0.5) is 0 Å². The second kappa shape index (κ2) is 57.4. The zero-order valence-electron chi connectivity index (χ0n) is 48.6. The topological polar surface area (TPSA) is 155 Å². The highest BCUT2D eigenvalue weighted by molar-refractivity contribution is 7.47. The fourth-order valence-electron chi connectivity index (χ4n) is 9.35. The number of hydrogen-bond acceptors (Lipinski definition) is 10. The van der Waals surface area contributed by atoms with Gasteiger partial charge in [0.15, 0.2) is 6.10 Å². The van der Waals surface area contributed by atoms with Gasteiger partial charge in [-0.15, -0.1) is 0 Å². The molecule has 2 N–H and O–H groups in total. The molecule has 0 aromatic heterocycles. The van der Waals surface area contributed by atoms with Crippen LogP contribution in [0.1, 0.15) is 329 Å². The Kier molecular flexibility index (Phi) is 56.0. The minimum absolute atomic E-state index is 0.170. The minimum Gasteiger partial charge on any atom is -0.462 e. The quantitative estimate of drug-likeness (QED) is 0.0197. The second-order valence-corrected chi connectivity index (χ2v) is 23.0. The van der Waals surface area contributed by atoms with Crippen molar-refractivity contribution >= 4 is 25.7 Å². The molecular weight excluding hydrogens is 952 g/mol. The molecule has 0 rings (SSSR count). The molecular formula is C62H119O11P. The highest BCUT2D eigenvalue weighted by atomic mass is 31.2.